The number of nitrogen functional groups attached to an aromatic ring is 1. The quantitative estimate of drug-likeness (QED) is 0.678. The Kier molecular flexibility index (Phi) is 3.55. The molecule has 20 heavy (non-hydrogen) atoms. The van der Waals surface area contributed by atoms with E-state index in [0.29, 0.717) is 29.5 Å². The molecule has 0 amide bonds. The third kappa shape index (κ3) is 2.47. The van der Waals surface area contributed by atoms with Gasteiger partial charge in [-0.2, -0.15) is 0 Å². The van der Waals surface area contributed by atoms with Gasteiger partial charge in [-0.25, -0.2) is 4.79 Å². The van der Waals surface area contributed by atoms with Crippen molar-refractivity contribution in [3.8, 4) is 5.75 Å². The number of fused-ring (bicyclic) bond motifs is 2. The zero-order chi connectivity index (χ0) is 14.1. The average Bonchev–Trinajstić information content (AvgIpc) is 3.07. The SMILES string of the molecule is COc1ccc(N)c(C(=O)OCC2CC3CCC2C3)c1. The molecule has 3 unspecified atom stereocenters. The Labute approximate surface area is 119 Å². The number of hydrogen-bond acceptors (Lipinski definition) is 4. The topological polar surface area (TPSA) is 61.5 Å². The molecule has 4 heteroatoms. The fraction of sp³-hybridized carbons (Fsp3) is 0.562. The highest BCUT2D eigenvalue weighted by Gasteiger charge is 2.39. The molecule has 2 bridgehead atoms. The summed E-state index contributed by atoms with van der Waals surface area (Å²) in [5, 5.41) is 0. The zero-order valence-electron chi connectivity index (χ0n) is 11.8. The average molecular weight is 275 g/mol. The highest BCUT2D eigenvalue weighted by molar-refractivity contribution is 5.95. The maximum Gasteiger partial charge on any atom is 0.340 e. The molecule has 2 saturated carbocycles. The monoisotopic (exact) mass is 275 g/mol. The van der Waals surface area contributed by atoms with Crippen molar-refractivity contribution in [1.82, 2.24) is 0 Å². The molecule has 0 saturated heterocycles. The summed E-state index contributed by atoms with van der Waals surface area (Å²) in [4.78, 5) is 12.1. The smallest absolute Gasteiger partial charge is 0.340 e. The van der Waals surface area contributed by atoms with E-state index in [2.05, 4.69) is 0 Å². The molecule has 0 spiro atoms. The molecular weight excluding hydrogens is 254 g/mol. The number of benzene rings is 1. The molecule has 2 aliphatic rings. The maximum atomic E-state index is 12.1. The molecule has 2 aliphatic carbocycles. The van der Waals surface area contributed by atoms with Gasteiger partial charge >= 0.3 is 5.97 Å². The molecule has 1 aromatic carbocycles. The number of anilines is 1. The number of ether oxygens (including phenoxy) is 2. The van der Waals surface area contributed by atoms with Crippen LogP contribution >= 0.6 is 0 Å². The number of nitrogens with two attached hydrogens (primary N) is 1. The van der Waals surface area contributed by atoms with Crippen LogP contribution in [0.3, 0.4) is 0 Å². The van der Waals surface area contributed by atoms with Gasteiger partial charge in [-0.05, 0) is 55.2 Å². The van der Waals surface area contributed by atoms with Crippen molar-refractivity contribution in [3.63, 3.8) is 0 Å². The van der Waals surface area contributed by atoms with Gasteiger partial charge in [0, 0.05) is 5.69 Å². The van der Waals surface area contributed by atoms with Crippen molar-refractivity contribution >= 4 is 11.7 Å². The first kappa shape index (κ1) is 13.3. The minimum absolute atomic E-state index is 0.343. The van der Waals surface area contributed by atoms with Crippen molar-refractivity contribution in [2.75, 3.05) is 19.5 Å². The lowest BCUT2D eigenvalue weighted by atomic mass is 9.89. The van der Waals surface area contributed by atoms with E-state index in [1.165, 1.54) is 25.7 Å². The third-order valence-corrected chi connectivity index (χ3v) is 4.79. The molecular formula is C16H21NO3. The summed E-state index contributed by atoms with van der Waals surface area (Å²) in [6.07, 6.45) is 5.20. The Morgan fingerprint density at radius 1 is 1.35 bits per heavy atom. The van der Waals surface area contributed by atoms with Crippen LogP contribution in [-0.2, 0) is 4.74 Å². The summed E-state index contributed by atoms with van der Waals surface area (Å²) in [6, 6.07) is 5.05. The Bertz CT molecular complexity index is 514. The largest absolute Gasteiger partial charge is 0.497 e. The third-order valence-electron chi connectivity index (χ3n) is 4.79. The standard InChI is InChI=1S/C16H21NO3/c1-19-13-4-5-15(17)14(8-13)16(18)20-9-12-7-10-2-3-11(12)6-10/h4-5,8,10-12H,2-3,6-7,9,17H2,1H3. The summed E-state index contributed by atoms with van der Waals surface area (Å²) in [6.45, 7) is 0.524. The van der Waals surface area contributed by atoms with Crippen LogP contribution in [0.2, 0.25) is 0 Å². The first-order chi connectivity index (χ1) is 9.67. The van der Waals surface area contributed by atoms with Gasteiger partial charge in [0.2, 0.25) is 0 Å². The Balaban J connectivity index is 1.61. The lowest BCUT2D eigenvalue weighted by Crippen LogP contribution is -2.20. The molecule has 4 nitrogen and oxygen atoms in total. The van der Waals surface area contributed by atoms with Gasteiger partial charge in [-0.15, -0.1) is 0 Å². The van der Waals surface area contributed by atoms with Gasteiger partial charge in [0.25, 0.3) is 0 Å². The number of methoxy groups -OCH3 is 1. The van der Waals surface area contributed by atoms with Crippen molar-refractivity contribution in [2.24, 2.45) is 17.8 Å². The summed E-state index contributed by atoms with van der Waals surface area (Å²) in [5.74, 6) is 2.45. The van der Waals surface area contributed by atoms with Crippen LogP contribution in [0.1, 0.15) is 36.0 Å². The minimum atomic E-state index is -0.343. The molecule has 0 aromatic heterocycles. The van der Waals surface area contributed by atoms with E-state index in [1.54, 1.807) is 25.3 Å². The fourth-order valence-corrected chi connectivity index (χ4v) is 3.68. The van der Waals surface area contributed by atoms with Crippen LogP contribution in [-0.4, -0.2) is 19.7 Å². The lowest BCUT2D eigenvalue weighted by Gasteiger charge is -2.21. The van der Waals surface area contributed by atoms with Crippen LogP contribution in [0.4, 0.5) is 5.69 Å². The summed E-state index contributed by atoms with van der Waals surface area (Å²) < 4.78 is 10.6. The van der Waals surface area contributed by atoms with Gasteiger partial charge < -0.3 is 15.2 Å². The first-order valence-corrected chi connectivity index (χ1v) is 7.28. The maximum absolute atomic E-state index is 12.1. The minimum Gasteiger partial charge on any atom is -0.497 e. The predicted octanol–water partition coefficient (Wildman–Crippen LogP) is 2.87. The van der Waals surface area contributed by atoms with Crippen molar-refractivity contribution in [3.05, 3.63) is 23.8 Å². The van der Waals surface area contributed by atoms with E-state index >= 15 is 0 Å². The van der Waals surface area contributed by atoms with E-state index in [9.17, 15) is 4.79 Å². The summed E-state index contributed by atoms with van der Waals surface area (Å²) in [7, 11) is 1.57. The van der Waals surface area contributed by atoms with Gasteiger partial charge in [0.1, 0.15) is 5.75 Å². The molecule has 2 N–H and O–H groups in total. The summed E-state index contributed by atoms with van der Waals surface area (Å²) in [5.41, 5.74) is 6.66. The molecule has 0 aliphatic heterocycles. The molecule has 108 valence electrons. The van der Waals surface area contributed by atoms with Crippen molar-refractivity contribution in [1.29, 1.82) is 0 Å². The van der Waals surface area contributed by atoms with Crippen LogP contribution in [0.5, 0.6) is 5.75 Å². The highest BCUT2D eigenvalue weighted by atomic mass is 16.5. The number of carbonyl (C=O) groups excluding carboxylic acids is 1. The molecule has 0 heterocycles. The molecule has 3 atom stereocenters. The highest BCUT2D eigenvalue weighted by Crippen LogP contribution is 2.48. The van der Waals surface area contributed by atoms with E-state index in [-0.39, 0.29) is 5.97 Å². The Hall–Kier alpha value is -1.71. The van der Waals surface area contributed by atoms with Crippen LogP contribution in [0.15, 0.2) is 18.2 Å². The van der Waals surface area contributed by atoms with E-state index in [4.69, 9.17) is 15.2 Å². The number of hydrogen-bond donors (Lipinski definition) is 1. The van der Waals surface area contributed by atoms with Crippen molar-refractivity contribution in [2.45, 2.75) is 25.7 Å². The second-order valence-corrected chi connectivity index (χ2v) is 5.99. The molecule has 3 rings (SSSR count). The molecule has 1 aromatic rings. The Morgan fingerprint density at radius 3 is 2.85 bits per heavy atom. The first-order valence-electron chi connectivity index (χ1n) is 7.28. The number of esters is 1. The molecule has 2 fully saturated rings. The number of rotatable bonds is 4. The predicted molar refractivity (Wildman–Crippen MR) is 76.6 cm³/mol. The number of carbonyl (C=O) groups is 1. The van der Waals surface area contributed by atoms with Crippen LogP contribution < -0.4 is 10.5 Å². The van der Waals surface area contributed by atoms with Gasteiger partial charge in [0.15, 0.2) is 0 Å². The van der Waals surface area contributed by atoms with Crippen LogP contribution in [0, 0.1) is 17.8 Å². The van der Waals surface area contributed by atoms with Crippen LogP contribution in [0.25, 0.3) is 0 Å². The van der Waals surface area contributed by atoms with Gasteiger partial charge in [0.05, 0.1) is 19.3 Å². The Morgan fingerprint density at radius 2 is 2.20 bits per heavy atom. The lowest BCUT2D eigenvalue weighted by molar-refractivity contribution is 0.0395. The van der Waals surface area contributed by atoms with Crippen molar-refractivity contribution < 1.29 is 14.3 Å². The second kappa shape index (κ2) is 5.35. The van der Waals surface area contributed by atoms with Gasteiger partial charge in [-0.1, -0.05) is 6.42 Å². The zero-order valence-corrected chi connectivity index (χ0v) is 11.8. The summed E-state index contributed by atoms with van der Waals surface area (Å²) >= 11 is 0. The fourth-order valence-electron chi connectivity index (χ4n) is 3.68. The van der Waals surface area contributed by atoms with E-state index in [1.807, 2.05) is 0 Å². The second-order valence-electron chi connectivity index (χ2n) is 5.99. The van der Waals surface area contributed by atoms with Gasteiger partial charge in [-0.3, -0.25) is 0 Å². The van der Waals surface area contributed by atoms with E-state index in [0.717, 1.165) is 11.8 Å². The normalized spacial score (nSPS) is 27.6. The molecule has 0 radical (unpaired) electrons. The van der Waals surface area contributed by atoms with E-state index < -0.39 is 0 Å².